The molecule has 0 fully saturated rings. The SMILES string of the molecule is CCCOc1nc(N)nc(N(CC)CC(C)CC)n1. The lowest BCUT2D eigenvalue weighted by atomic mass is 10.1. The number of nitrogens with two attached hydrogens (primary N) is 1. The highest BCUT2D eigenvalue weighted by atomic mass is 16.5. The van der Waals surface area contributed by atoms with Gasteiger partial charge in [-0.2, -0.15) is 15.0 Å². The molecule has 0 radical (unpaired) electrons. The van der Waals surface area contributed by atoms with Gasteiger partial charge in [-0.05, 0) is 19.3 Å². The van der Waals surface area contributed by atoms with Gasteiger partial charge in [-0.15, -0.1) is 0 Å². The number of hydrogen-bond acceptors (Lipinski definition) is 6. The molecule has 0 aliphatic carbocycles. The minimum absolute atomic E-state index is 0.207. The maximum absolute atomic E-state index is 5.72. The van der Waals surface area contributed by atoms with Crippen LogP contribution in [-0.2, 0) is 0 Å². The van der Waals surface area contributed by atoms with E-state index in [0.717, 1.165) is 25.9 Å². The molecular formula is C13H25N5O. The molecule has 0 aliphatic rings. The Hall–Kier alpha value is -1.59. The molecule has 0 saturated carbocycles. The summed E-state index contributed by atoms with van der Waals surface area (Å²) in [4.78, 5) is 14.6. The van der Waals surface area contributed by atoms with Gasteiger partial charge in [-0.3, -0.25) is 0 Å². The van der Waals surface area contributed by atoms with Gasteiger partial charge in [-0.25, -0.2) is 0 Å². The first-order valence-electron chi connectivity index (χ1n) is 6.99. The summed E-state index contributed by atoms with van der Waals surface area (Å²) >= 11 is 0. The first kappa shape index (κ1) is 15.5. The van der Waals surface area contributed by atoms with Crippen LogP contribution < -0.4 is 15.4 Å². The molecule has 6 heteroatoms. The van der Waals surface area contributed by atoms with Crippen molar-refractivity contribution in [1.82, 2.24) is 15.0 Å². The number of nitrogen functional groups attached to an aromatic ring is 1. The van der Waals surface area contributed by atoms with Crippen LogP contribution in [0.3, 0.4) is 0 Å². The summed E-state index contributed by atoms with van der Waals surface area (Å²) in [6, 6.07) is 0.312. The van der Waals surface area contributed by atoms with Crippen LogP contribution in [0.4, 0.5) is 11.9 Å². The Labute approximate surface area is 115 Å². The van der Waals surface area contributed by atoms with Crippen molar-refractivity contribution in [2.75, 3.05) is 30.3 Å². The van der Waals surface area contributed by atoms with Gasteiger partial charge < -0.3 is 15.4 Å². The van der Waals surface area contributed by atoms with Crippen LogP contribution in [0, 0.1) is 5.92 Å². The third-order valence-corrected chi connectivity index (χ3v) is 2.95. The second-order valence-electron chi connectivity index (χ2n) is 4.68. The molecule has 1 heterocycles. The van der Waals surface area contributed by atoms with Gasteiger partial charge in [0.1, 0.15) is 0 Å². The Bertz CT molecular complexity index is 385. The number of aromatic nitrogens is 3. The highest BCUT2D eigenvalue weighted by molar-refractivity contribution is 5.35. The first-order chi connectivity index (χ1) is 9.10. The van der Waals surface area contributed by atoms with Crippen LogP contribution in [0.1, 0.15) is 40.5 Å². The predicted molar refractivity (Wildman–Crippen MR) is 77.4 cm³/mol. The Morgan fingerprint density at radius 3 is 2.53 bits per heavy atom. The molecule has 2 N–H and O–H groups in total. The van der Waals surface area contributed by atoms with E-state index in [-0.39, 0.29) is 5.95 Å². The Balaban J connectivity index is 2.86. The Morgan fingerprint density at radius 2 is 1.95 bits per heavy atom. The third-order valence-electron chi connectivity index (χ3n) is 2.95. The fraction of sp³-hybridized carbons (Fsp3) is 0.769. The molecule has 0 saturated heterocycles. The van der Waals surface area contributed by atoms with Crippen LogP contribution in [0.15, 0.2) is 0 Å². The zero-order valence-electron chi connectivity index (χ0n) is 12.4. The molecule has 0 bridgehead atoms. The molecule has 0 spiro atoms. The molecule has 0 aromatic carbocycles. The largest absolute Gasteiger partial charge is 0.463 e. The lowest BCUT2D eigenvalue weighted by Gasteiger charge is -2.24. The van der Waals surface area contributed by atoms with E-state index in [4.69, 9.17) is 10.5 Å². The van der Waals surface area contributed by atoms with Gasteiger partial charge in [0, 0.05) is 13.1 Å². The molecule has 1 rings (SSSR count). The van der Waals surface area contributed by atoms with Crippen molar-refractivity contribution in [3.05, 3.63) is 0 Å². The van der Waals surface area contributed by atoms with E-state index >= 15 is 0 Å². The standard InChI is InChI=1S/C13H25N5O/c1-5-8-19-13-16-11(14)15-12(17-13)18(7-3)9-10(4)6-2/h10H,5-9H2,1-4H3,(H2,14,15,16,17). The summed E-state index contributed by atoms with van der Waals surface area (Å²) in [5.41, 5.74) is 5.72. The molecule has 0 aliphatic heterocycles. The van der Waals surface area contributed by atoms with Crippen LogP contribution in [0.25, 0.3) is 0 Å². The first-order valence-corrected chi connectivity index (χ1v) is 6.99. The number of hydrogen-bond donors (Lipinski definition) is 1. The van der Waals surface area contributed by atoms with E-state index < -0.39 is 0 Å². The van der Waals surface area contributed by atoms with Gasteiger partial charge in [0.15, 0.2) is 0 Å². The maximum Gasteiger partial charge on any atom is 0.323 e. The van der Waals surface area contributed by atoms with Gasteiger partial charge >= 0.3 is 6.01 Å². The van der Waals surface area contributed by atoms with Gasteiger partial charge in [-0.1, -0.05) is 27.2 Å². The summed E-state index contributed by atoms with van der Waals surface area (Å²) in [5.74, 6) is 1.39. The summed E-state index contributed by atoms with van der Waals surface area (Å²) in [7, 11) is 0. The highest BCUT2D eigenvalue weighted by Crippen LogP contribution is 2.15. The molecule has 1 unspecified atom stereocenters. The molecule has 108 valence electrons. The average Bonchev–Trinajstić information content (AvgIpc) is 2.41. The predicted octanol–water partition coefficient (Wildman–Crippen LogP) is 2.12. The van der Waals surface area contributed by atoms with Crippen molar-refractivity contribution >= 4 is 11.9 Å². The summed E-state index contributed by atoms with van der Waals surface area (Å²) < 4.78 is 5.43. The topological polar surface area (TPSA) is 77.2 Å². The zero-order valence-corrected chi connectivity index (χ0v) is 12.4. The van der Waals surface area contributed by atoms with E-state index in [1.54, 1.807) is 0 Å². The van der Waals surface area contributed by atoms with E-state index in [1.165, 1.54) is 0 Å². The molecule has 19 heavy (non-hydrogen) atoms. The van der Waals surface area contributed by atoms with Crippen molar-refractivity contribution in [1.29, 1.82) is 0 Å². The average molecular weight is 267 g/mol. The monoisotopic (exact) mass is 267 g/mol. The normalized spacial score (nSPS) is 12.2. The molecular weight excluding hydrogens is 242 g/mol. The lowest BCUT2D eigenvalue weighted by molar-refractivity contribution is 0.292. The highest BCUT2D eigenvalue weighted by Gasteiger charge is 2.14. The molecule has 1 aromatic heterocycles. The number of ether oxygens (including phenoxy) is 1. The minimum Gasteiger partial charge on any atom is -0.463 e. The summed E-state index contributed by atoms with van der Waals surface area (Å²) in [6.07, 6.45) is 2.03. The van der Waals surface area contributed by atoms with E-state index in [9.17, 15) is 0 Å². The lowest BCUT2D eigenvalue weighted by Crippen LogP contribution is -2.30. The van der Waals surface area contributed by atoms with Crippen LogP contribution in [-0.4, -0.2) is 34.6 Å². The molecule has 6 nitrogen and oxygen atoms in total. The Morgan fingerprint density at radius 1 is 1.21 bits per heavy atom. The van der Waals surface area contributed by atoms with Crippen molar-refractivity contribution in [2.24, 2.45) is 5.92 Å². The van der Waals surface area contributed by atoms with E-state index in [2.05, 4.69) is 40.6 Å². The Kier molecular flexibility index (Phi) is 6.32. The number of rotatable bonds is 8. The van der Waals surface area contributed by atoms with Gasteiger partial charge in [0.05, 0.1) is 6.61 Å². The smallest absolute Gasteiger partial charge is 0.323 e. The van der Waals surface area contributed by atoms with Crippen LogP contribution >= 0.6 is 0 Å². The van der Waals surface area contributed by atoms with Crippen molar-refractivity contribution < 1.29 is 4.74 Å². The molecule has 0 amide bonds. The zero-order chi connectivity index (χ0) is 14.3. The second-order valence-corrected chi connectivity index (χ2v) is 4.68. The third kappa shape index (κ3) is 4.89. The fourth-order valence-corrected chi connectivity index (χ4v) is 1.62. The maximum atomic E-state index is 5.72. The van der Waals surface area contributed by atoms with E-state index in [1.807, 2.05) is 6.92 Å². The number of anilines is 2. The van der Waals surface area contributed by atoms with Crippen molar-refractivity contribution in [3.8, 4) is 6.01 Å². The molecule has 1 atom stereocenters. The summed E-state index contributed by atoms with van der Waals surface area (Å²) in [6.45, 7) is 10.8. The summed E-state index contributed by atoms with van der Waals surface area (Å²) in [5, 5.41) is 0. The van der Waals surface area contributed by atoms with Crippen LogP contribution in [0.5, 0.6) is 6.01 Å². The number of nitrogens with zero attached hydrogens (tertiary/aromatic N) is 4. The van der Waals surface area contributed by atoms with Crippen LogP contribution in [0.2, 0.25) is 0 Å². The van der Waals surface area contributed by atoms with Gasteiger partial charge in [0.25, 0.3) is 0 Å². The minimum atomic E-state index is 0.207. The fourth-order valence-electron chi connectivity index (χ4n) is 1.62. The molecule has 1 aromatic rings. The quantitative estimate of drug-likeness (QED) is 0.777. The van der Waals surface area contributed by atoms with E-state index in [0.29, 0.717) is 24.5 Å². The second kappa shape index (κ2) is 7.76. The van der Waals surface area contributed by atoms with Gasteiger partial charge in [0.2, 0.25) is 11.9 Å². The van der Waals surface area contributed by atoms with Crippen molar-refractivity contribution in [3.63, 3.8) is 0 Å². The van der Waals surface area contributed by atoms with Crippen molar-refractivity contribution in [2.45, 2.75) is 40.5 Å².